The number of carbonyl (C=O) groups excluding carboxylic acids is 1. The van der Waals surface area contributed by atoms with Gasteiger partial charge in [-0.3, -0.25) is 4.79 Å². The van der Waals surface area contributed by atoms with Crippen LogP contribution in [0.3, 0.4) is 0 Å². The van der Waals surface area contributed by atoms with Crippen molar-refractivity contribution in [3.63, 3.8) is 0 Å². The second kappa shape index (κ2) is 7.53. The third-order valence-corrected chi connectivity index (χ3v) is 4.08. The van der Waals surface area contributed by atoms with E-state index in [-0.39, 0.29) is 11.3 Å². The van der Waals surface area contributed by atoms with Crippen molar-refractivity contribution in [1.29, 1.82) is 0 Å². The number of aliphatic hydroxyl groups is 3. The number of aliphatic hydroxyl groups excluding tert-OH is 3. The largest absolute Gasteiger partial charge is 0.504 e. The topological polar surface area (TPSA) is 156 Å². The van der Waals surface area contributed by atoms with E-state index >= 15 is 0 Å². The van der Waals surface area contributed by atoms with E-state index in [0.29, 0.717) is 5.39 Å². The average molecular weight is 382 g/mol. The smallest absolute Gasteiger partial charge is 0.336 e. The Kier molecular flexibility index (Phi) is 5.33. The molecule has 2 aromatic rings. The van der Waals surface area contributed by atoms with Gasteiger partial charge in [-0.05, 0) is 18.2 Å². The third kappa shape index (κ3) is 3.88. The summed E-state index contributed by atoms with van der Waals surface area (Å²) in [6.07, 6.45) is -7.65. The van der Waals surface area contributed by atoms with Crippen LogP contribution in [0.1, 0.15) is 6.92 Å². The van der Waals surface area contributed by atoms with E-state index < -0.39 is 54.7 Å². The Morgan fingerprint density at radius 1 is 1.11 bits per heavy atom. The molecule has 1 fully saturated rings. The van der Waals surface area contributed by atoms with Gasteiger partial charge in [0.1, 0.15) is 31.0 Å². The highest BCUT2D eigenvalue weighted by atomic mass is 16.7. The molecular formula is C17H18O10. The number of ether oxygens (including phenoxy) is 3. The summed E-state index contributed by atoms with van der Waals surface area (Å²) in [6, 6.07) is 5.41. The Labute approximate surface area is 152 Å². The number of hydrogen-bond acceptors (Lipinski definition) is 10. The zero-order valence-corrected chi connectivity index (χ0v) is 14.1. The van der Waals surface area contributed by atoms with E-state index in [2.05, 4.69) is 0 Å². The van der Waals surface area contributed by atoms with Gasteiger partial charge < -0.3 is 39.1 Å². The summed E-state index contributed by atoms with van der Waals surface area (Å²) in [6.45, 7) is 0.765. The molecule has 0 amide bonds. The number of phenolic OH excluding ortho intramolecular Hbond substituents is 1. The van der Waals surface area contributed by atoms with Crippen molar-refractivity contribution < 1.29 is 43.8 Å². The normalized spacial score (nSPS) is 28.1. The SMILES string of the molecule is CC(=O)OCC1OC(Oc2c(O)ccc3ccc(=O)oc23)C(O)C(O)C1O. The molecule has 3 rings (SSSR count). The van der Waals surface area contributed by atoms with Crippen LogP contribution in [-0.2, 0) is 14.3 Å². The fraction of sp³-hybridized carbons (Fsp3) is 0.412. The van der Waals surface area contributed by atoms with Crippen LogP contribution in [0, 0.1) is 0 Å². The zero-order valence-electron chi connectivity index (χ0n) is 14.1. The van der Waals surface area contributed by atoms with E-state index in [4.69, 9.17) is 18.6 Å². The lowest BCUT2D eigenvalue weighted by Crippen LogP contribution is -2.60. The van der Waals surface area contributed by atoms with Crippen LogP contribution in [-0.4, -0.2) is 63.7 Å². The highest BCUT2D eigenvalue weighted by Crippen LogP contribution is 2.36. The van der Waals surface area contributed by atoms with Crippen LogP contribution < -0.4 is 10.4 Å². The molecule has 1 aliphatic rings. The van der Waals surface area contributed by atoms with Crippen molar-refractivity contribution >= 4 is 16.9 Å². The number of rotatable bonds is 4. The first kappa shape index (κ1) is 19.1. The summed E-state index contributed by atoms with van der Waals surface area (Å²) in [7, 11) is 0. The molecule has 1 aromatic heterocycles. The van der Waals surface area contributed by atoms with Gasteiger partial charge in [0.05, 0.1) is 0 Å². The maximum atomic E-state index is 11.5. The Morgan fingerprint density at radius 3 is 2.52 bits per heavy atom. The molecule has 0 saturated carbocycles. The second-order valence-corrected chi connectivity index (χ2v) is 6.02. The highest BCUT2D eigenvalue weighted by Gasteiger charge is 2.45. The van der Waals surface area contributed by atoms with Crippen molar-refractivity contribution in [3.05, 3.63) is 34.7 Å². The first-order chi connectivity index (χ1) is 12.8. The number of benzene rings is 1. The van der Waals surface area contributed by atoms with E-state index in [0.717, 1.165) is 6.92 Å². The van der Waals surface area contributed by atoms with Crippen LogP contribution in [0.5, 0.6) is 11.5 Å². The molecule has 5 unspecified atom stereocenters. The molecule has 5 atom stereocenters. The molecule has 10 nitrogen and oxygen atoms in total. The van der Waals surface area contributed by atoms with Crippen LogP contribution in [0.15, 0.2) is 33.5 Å². The van der Waals surface area contributed by atoms with Crippen LogP contribution in [0.4, 0.5) is 0 Å². The molecule has 2 heterocycles. The minimum atomic E-state index is -1.70. The van der Waals surface area contributed by atoms with E-state index in [9.17, 15) is 30.0 Å². The fourth-order valence-corrected chi connectivity index (χ4v) is 2.68. The van der Waals surface area contributed by atoms with E-state index in [1.807, 2.05) is 0 Å². The standard InChI is InChI=1S/C17H18O10/c1-7(18)24-6-10-12(21)13(22)14(23)17(25-10)27-16-9(19)4-2-8-3-5-11(20)26-15(8)16/h2-5,10,12-14,17,19,21-23H,6H2,1H3. The highest BCUT2D eigenvalue weighted by molar-refractivity contribution is 5.85. The van der Waals surface area contributed by atoms with Crippen molar-refractivity contribution in [2.75, 3.05) is 6.61 Å². The first-order valence-corrected chi connectivity index (χ1v) is 8.03. The molecule has 0 bridgehead atoms. The number of aromatic hydroxyl groups is 1. The number of phenols is 1. The number of carbonyl (C=O) groups is 1. The molecule has 1 saturated heterocycles. The van der Waals surface area contributed by atoms with Crippen molar-refractivity contribution in [1.82, 2.24) is 0 Å². The van der Waals surface area contributed by atoms with Crippen LogP contribution in [0.25, 0.3) is 11.0 Å². The van der Waals surface area contributed by atoms with E-state index in [1.165, 1.54) is 24.3 Å². The van der Waals surface area contributed by atoms with Crippen LogP contribution in [0.2, 0.25) is 0 Å². The third-order valence-electron chi connectivity index (χ3n) is 4.08. The first-order valence-electron chi connectivity index (χ1n) is 8.03. The summed E-state index contributed by atoms with van der Waals surface area (Å²) >= 11 is 0. The van der Waals surface area contributed by atoms with Gasteiger partial charge >= 0.3 is 11.6 Å². The molecule has 0 spiro atoms. The molecule has 1 aliphatic heterocycles. The van der Waals surface area contributed by atoms with Crippen molar-refractivity contribution in [3.8, 4) is 11.5 Å². The molecular weight excluding hydrogens is 364 g/mol. The lowest BCUT2D eigenvalue weighted by atomic mass is 9.99. The molecule has 10 heteroatoms. The van der Waals surface area contributed by atoms with Crippen molar-refractivity contribution in [2.45, 2.75) is 37.6 Å². The van der Waals surface area contributed by atoms with Gasteiger partial charge in [0.25, 0.3) is 0 Å². The molecule has 146 valence electrons. The summed E-state index contributed by atoms with van der Waals surface area (Å²) in [5, 5.41) is 40.6. The molecule has 1 aromatic carbocycles. The number of hydrogen-bond donors (Lipinski definition) is 4. The summed E-state index contributed by atoms with van der Waals surface area (Å²) in [4.78, 5) is 22.5. The van der Waals surface area contributed by atoms with Gasteiger partial charge in [0.2, 0.25) is 12.0 Å². The van der Waals surface area contributed by atoms with Gasteiger partial charge in [-0.25, -0.2) is 4.79 Å². The molecule has 0 radical (unpaired) electrons. The molecule has 4 N–H and O–H groups in total. The average Bonchev–Trinajstić information content (AvgIpc) is 2.63. The lowest BCUT2D eigenvalue weighted by Gasteiger charge is -2.39. The van der Waals surface area contributed by atoms with Gasteiger partial charge in [-0.15, -0.1) is 0 Å². The summed E-state index contributed by atoms with van der Waals surface area (Å²) < 4.78 is 20.6. The maximum absolute atomic E-state index is 11.5. The Bertz CT molecular complexity index is 891. The summed E-state index contributed by atoms with van der Waals surface area (Å²) in [5.74, 6) is -1.31. The zero-order chi connectivity index (χ0) is 19.7. The Hall–Kier alpha value is -2.66. The monoisotopic (exact) mass is 382 g/mol. The van der Waals surface area contributed by atoms with Gasteiger partial charge in [-0.1, -0.05) is 0 Å². The minimum absolute atomic E-state index is 0.0875. The Morgan fingerprint density at radius 2 is 1.81 bits per heavy atom. The maximum Gasteiger partial charge on any atom is 0.336 e. The quantitative estimate of drug-likeness (QED) is 0.392. The second-order valence-electron chi connectivity index (χ2n) is 6.02. The number of fused-ring (bicyclic) bond motifs is 1. The predicted molar refractivity (Wildman–Crippen MR) is 88.1 cm³/mol. The van der Waals surface area contributed by atoms with Gasteiger partial charge in [0, 0.05) is 18.4 Å². The summed E-state index contributed by atoms with van der Waals surface area (Å²) in [5.41, 5.74) is -0.776. The van der Waals surface area contributed by atoms with Crippen molar-refractivity contribution in [2.24, 2.45) is 0 Å². The van der Waals surface area contributed by atoms with E-state index in [1.54, 1.807) is 0 Å². The molecule has 0 aliphatic carbocycles. The van der Waals surface area contributed by atoms with Crippen LogP contribution >= 0.6 is 0 Å². The van der Waals surface area contributed by atoms with Gasteiger partial charge in [0.15, 0.2) is 11.3 Å². The van der Waals surface area contributed by atoms with Gasteiger partial charge in [-0.2, -0.15) is 0 Å². The number of esters is 1. The minimum Gasteiger partial charge on any atom is -0.504 e. The fourth-order valence-electron chi connectivity index (χ4n) is 2.68. The Balaban J connectivity index is 1.90. The molecule has 27 heavy (non-hydrogen) atoms. The lowest BCUT2D eigenvalue weighted by molar-refractivity contribution is -0.278. The predicted octanol–water partition coefficient (Wildman–Crippen LogP) is -0.752.